The topological polar surface area (TPSA) is 85.3 Å². The smallest absolute Gasteiger partial charge is 0.335 e. The molecule has 0 saturated carbocycles. The number of hydrogen-bond acceptors (Lipinski definition) is 5. The molecule has 34 heavy (non-hydrogen) atoms. The average Bonchev–Trinajstić information content (AvgIpc) is 2.87. The molecule has 0 aliphatic heterocycles. The Morgan fingerprint density at radius 1 is 0.794 bits per heavy atom. The second kappa shape index (κ2) is 11.7. The van der Waals surface area contributed by atoms with Gasteiger partial charge in [-0.2, -0.15) is 0 Å². The van der Waals surface area contributed by atoms with Crippen molar-refractivity contribution in [2.75, 3.05) is 27.9 Å². The summed E-state index contributed by atoms with van der Waals surface area (Å²) >= 11 is 0. The molecule has 0 aromatic heterocycles. The predicted octanol–water partition coefficient (Wildman–Crippen LogP) is 4.69. The van der Waals surface area contributed by atoms with E-state index in [1.165, 1.54) is 33.0 Å². The molecule has 178 valence electrons. The summed E-state index contributed by atoms with van der Waals surface area (Å²) in [5.74, 6) is -0.0302. The van der Waals surface area contributed by atoms with Crippen LogP contribution < -0.4 is 14.2 Å². The van der Waals surface area contributed by atoms with Gasteiger partial charge in [-0.1, -0.05) is 42.5 Å². The summed E-state index contributed by atoms with van der Waals surface area (Å²) in [6.45, 7) is 0.757. The van der Waals surface area contributed by atoms with Crippen molar-refractivity contribution in [1.29, 1.82) is 0 Å². The fourth-order valence-electron chi connectivity index (χ4n) is 3.78. The fourth-order valence-corrected chi connectivity index (χ4v) is 3.78. The predicted molar refractivity (Wildman–Crippen MR) is 129 cm³/mol. The van der Waals surface area contributed by atoms with Gasteiger partial charge in [0.2, 0.25) is 5.75 Å². The minimum Gasteiger partial charge on any atom is -0.493 e. The largest absolute Gasteiger partial charge is 0.493 e. The molecule has 0 atom stereocenters. The number of aryl methyl sites for hydroxylation is 1. The normalized spacial score (nSPS) is 10.4. The number of ether oxygens (including phenoxy) is 3. The maximum Gasteiger partial charge on any atom is 0.335 e. The standard InChI is InChI=1S/C27H29NO6/c1-32-23-16-22(17-24(33-2)25(23)34-3)26(29)28(14-8-12-19-9-5-4-6-10-19)18-20-11-7-13-21(15-20)27(30)31/h4-7,9-11,13,15-17H,8,12,14,18H2,1-3H3,(H,30,31). The number of nitrogens with zero attached hydrogens (tertiary/aromatic N) is 1. The van der Waals surface area contributed by atoms with Crippen molar-refractivity contribution in [3.63, 3.8) is 0 Å². The number of aromatic carboxylic acids is 1. The van der Waals surface area contributed by atoms with Crippen molar-refractivity contribution >= 4 is 11.9 Å². The lowest BCUT2D eigenvalue weighted by Crippen LogP contribution is -2.32. The zero-order chi connectivity index (χ0) is 24.5. The van der Waals surface area contributed by atoms with Crippen molar-refractivity contribution in [2.24, 2.45) is 0 Å². The molecule has 3 rings (SSSR count). The Morgan fingerprint density at radius 2 is 1.44 bits per heavy atom. The molecule has 7 heteroatoms. The number of amides is 1. The maximum atomic E-state index is 13.6. The molecule has 0 saturated heterocycles. The summed E-state index contributed by atoms with van der Waals surface area (Å²) in [5.41, 5.74) is 2.50. The number of hydrogen-bond donors (Lipinski definition) is 1. The third-order valence-corrected chi connectivity index (χ3v) is 5.48. The van der Waals surface area contributed by atoms with Gasteiger partial charge in [-0.15, -0.1) is 0 Å². The number of carboxylic acid groups (broad SMARTS) is 1. The van der Waals surface area contributed by atoms with E-state index in [1.54, 1.807) is 29.2 Å². The number of carboxylic acids is 1. The molecule has 1 amide bonds. The molecule has 0 fully saturated rings. The second-order valence-corrected chi connectivity index (χ2v) is 7.74. The third kappa shape index (κ3) is 6.07. The highest BCUT2D eigenvalue weighted by atomic mass is 16.5. The van der Waals surface area contributed by atoms with Crippen molar-refractivity contribution in [1.82, 2.24) is 4.90 Å². The second-order valence-electron chi connectivity index (χ2n) is 7.74. The number of carbonyl (C=O) groups is 2. The van der Waals surface area contributed by atoms with Crippen LogP contribution in [0.15, 0.2) is 66.7 Å². The maximum absolute atomic E-state index is 13.6. The van der Waals surface area contributed by atoms with Gasteiger partial charge >= 0.3 is 5.97 Å². The molecule has 1 N–H and O–H groups in total. The molecule has 0 radical (unpaired) electrons. The molecule has 0 aliphatic rings. The van der Waals surface area contributed by atoms with Crippen LogP contribution in [0.5, 0.6) is 17.2 Å². The Morgan fingerprint density at radius 3 is 2.03 bits per heavy atom. The molecule has 3 aromatic rings. The summed E-state index contributed by atoms with van der Waals surface area (Å²) in [6.07, 6.45) is 1.56. The van der Waals surface area contributed by atoms with Crippen molar-refractivity contribution < 1.29 is 28.9 Å². The fraction of sp³-hybridized carbons (Fsp3) is 0.259. The van der Waals surface area contributed by atoms with Crippen LogP contribution in [0.2, 0.25) is 0 Å². The van der Waals surface area contributed by atoms with Gasteiger partial charge in [0, 0.05) is 18.7 Å². The highest BCUT2D eigenvalue weighted by Crippen LogP contribution is 2.38. The summed E-state index contributed by atoms with van der Waals surface area (Å²) in [6, 6.07) is 20.0. The van der Waals surface area contributed by atoms with Gasteiger partial charge in [-0.3, -0.25) is 4.79 Å². The molecule has 3 aromatic carbocycles. The Hall–Kier alpha value is -4.00. The van der Waals surface area contributed by atoms with Crippen molar-refractivity contribution in [2.45, 2.75) is 19.4 Å². The Labute approximate surface area is 199 Å². The number of carbonyl (C=O) groups excluding carboxylic acids is 1. The molecule has 0 bridgehead atoms. The summed E-state index contributed by atoms with van der Waals surface area (Å²) in [7, 11) is 4.51. The van der Waals surface area contributed by atoms with Crippen LogP contribution in [0, 0.1) is 0 Å². The van der Waals surface area contributed by atoms with E-state index in [9.17, 15) is 14.7 Å². The number of methoxy groups -OCH3 is 3. The number of rotatable bonds is 11. The van der Waals surface area contributed by atoms with Gasteiger partial charge in [-0.05, 0) is 48.2 Å². The van der Waals surface area contributed by atoms with Crippen molar-refractivity contribution in [3.05, 3.63) is 89.0 Å². The van der Waals surface area contributed by atoms with Crippen LogP contribution in [0.4, 0.5) is 0 Å². The van der Waals surface area contributed by atoms with Crippen LogP contribution in [0.3, 0.4) is 0 Å². The lowest BCUT2D eigenvalue weighted by molar-refractivity contribution is 0.0696. The minimum absolute atomic E-state index is 0.182. The Balaban J connectivity index is 1.89. The molecule has 7 nitrogen and oxygen atoms in total. The SMILES string of the molecule is COc1cc(C(=O)N(CCCc2ccccc2)Cc2cccc(C(=O)O)c2)cc(OC)c1OC. The van der Waals surface area contributed by atoms with Gasteiger partial charge < -0.3 is 24.2 Å². The monoisotopic (exact) mass is 463 g/mol. The van der Waals surface area contributed by atoms with Gasteiger partial charge in [0.15, 0.2) is 11.5 Å². The average molecular weight is 464 g/mol. The van der Waals surface area contributed by atoms with E-state index in [2.05, 4.69) is 12.1 Å². The van der Waals surface area contributed by atoms with E-state index >= 15 is 0 Å². The van der Waals surface area contributed by atoms with E-state index in [-0.39, 0.29) is 18.0 Å². The van der Waals surface area contributed by atoms with Crippen molar-refractivity contribution in [3.8, 4) is 17.2 Å². The molecule has 0 heterocycles. The quantitative estimate of drug-likeness (QED) is 0.444. The highest BCUT2D eigenvalue weighted by molar-refractivity contribution is 5.95. The zero-order valence-electron chi connectivity index (χ0n) is 19.6. The zero-order valence-corrected chi connectivity index (χ0v) is 19.6. The lowest BCUT2D eigenvalue weighted by Gasteiger charge is -2.24. The van der Waals surface area contributed by atoms with Crippen LogP contribution in [0.25, 0.3) is 0 Å². The molecular weight excluding hydrogens is 434 g/mol. The summed E-state index contributed by atoms with van der Waals surface area (Å²) < 4.78 is 16.2. The molecular formula is C27H29NO6. The summed E-state index contributed by atoms with van der Waals surface area (Å²) in [5, 5.41) is 9.34. The van der Waals surface area contributed by atoms with E-state index < -0.39 is 5.97 Å². The first-order valence-corrected chi connectivity index (χ1v) is 10.9. The van der Waals surface area contributed by atoms with Crippen LogP contribution in [0.1, 0.15) is 38.3 Å². The first kappa shape index (κ1) is 24.6. The van der Waals surface area contributed by atoms with Crippen LogP contribution in [-0.2, 0) is 13.0 Å². The highest BCUT2D eigenvalue weighted by Gasteiger charge is 2.22. The van der Waals surface area contributed by atoms with E-state index in [0.29, 0.717) is 29.4 Å². The number of benzene rings is 3. The van der Waals surface area contributed by atoms with Crippen LogP contribution in [-0.4, -0.2) is 49.8 Å². The van der Waals surface area contributed by atoms with Gasteiger partial charge in [0.05, 0.1) is 26.9 Å². The van der Waals surface area contributed by atoms with E-state index in [4.69, 9.17) is 14.2 Å². The van der Waals surface area contributed by atoms with Gasteiger partial charge in [-0.25, -0.2) is 4.79 Å². The first-order valence-electron chi connectivity index (χ1n) is 10.9. The molecule has 0 unspecified atom stereocenters. The van der Waals surface area contributed by atoms with E-state index in [1.807, 2.05) is 24.3 Å². The van der Waals surface area contributed by atoms with Gasteiger partial charge in [0.1, 0.15) is 0 Å². The minimum atomic E-state index is -1.01. The molecule has 0 aliphatic carbocycles. The summed E-state index contributed by atoms with van der Waals surface area (Å²) in [4.78, 5) is 26.7. The Bertz CT molecular complexity index is 1100. The van der Waals surface area contributed by atoms with Crippen LogP contribution >= 0.6 is 0 Å². The molecule has 0 spiro atoms. The Kier molecular flexibility index (Phi) is 8.51. The van der Waals surface area contributed by atoms with E-state index in [0.717, 1.165) is 18.4 Å². The third-order valence-electron chi connectivity index (χ3n) is 5.48. The first-order chi connectivity index (χ1) is 16.5. The van der Waals surface area contributed by atoms with Gasteiger partial charge in [0.25, 0.3) is 5.91 Å². The lowest BCUT2D eigenvalue weighted by atomic mass is 10.1.